The average molecular weight is 259 g/mol. The molecule has 17 heavy (non-hydrogen) atoms. The van der Waals surface area contributed by atoms with Crippen LogP contribution in [0, 0.1) is 0 Å². The van der Waals surface area contributed by atoms with Crippen molar-refractivity contribution in [3.8, 4) is 0 Å². The molecule has 0 aliphatic carbocycles. The van der Waals surface area contributed by atoms with Crippen molar-refractivity contribution in [1.82, 2.24) is 5.32 Å². The highest BCUT2D eigenvalue weighted by Gasteiger charge is 2.14. The predicted octanol–water partition coefficient (Wildman–Crippen LogP) is 0.476. The molecule has 6 nitrogen and oxygen atoms in total. The molecule has 0 radical (unpaired) electrons. The SMILES string of the molecule is CCS(=O)CCNC(=O)c1cc(C(=O)O)co1. The lowest BCUT2D eigenvalue weighted by Crippen LogP contribution is -2.27. The van der Waals surface area contributed by atoms with E-state index in [2.05, 4.69) is 5.32 Å². The number of nitrogens with one attached hydrogen (secondary N) is 1. The Kier molecular flexibility index (Phi) is 4.89. The van der Waals surface area contributed by atoms with Crippen LogP contribution in [0.3, 0.4) is 0 Å². The molecular formula is C10H13NO5S. The lowest BCUT2D eigenvalue weighted by atomic mass is 10.3. The van der Waals surface area contributed by atoms with E-state index in [-0.39, 0.29) is 17.9 Å². The van der Waals surface area contributed by atoms with Crippen LogP contribution < -0.4 is 5.32 Å². The minimum Gasteiger partial charge on any atom is -0.478 e. The number of aromatic carboxylic acids is 1. The average Bonchev–Trinajstić information content (AvgIpc) is 2.78. The van der Waals surface area contributed by atoms with Gasteiger partial charge in [-0.05, 0) is 0 Å². The molecule has 0 aromatic carbocycles. The molecule has 0 spiro atoms. The summed E-state index contributed by atoms with van der Waals surface area (Å²) in [6, 6.07) is 1.15. The summed E-state index contributed by atoms with van der Waals surface area (Å²) in [6.07, 6.45) is 1.00. The fourth-order valence-corrected chi connectivity index (χ4v) is 1.70. The van der Waals surface area contributed by atoms with Crippen LogP contribution in [0.4, 0.5) is 0 Å². The molecule has 1 aromatic heterocycles. The first-order valence-electron chi connectivity index (χ1n) is 4.99. The summed E-state index contributed by atoms with van der Waals surface area (Å²) < 4.78 is 15.9. The largest absolute Gasteiger partial charge is 0.478 e. The highest BCUT2D eigenvalue weighted by Crippen LogP contribution is 2.07. The van der Waals surface area contributed by atoms with Crippen molar-refractivity contribution in [3.05, 3.63) is 23.7 Å². The van der Waals surface area contributed by atoms with E-state index < -0.39 is 22.7 Å². The first kappa shape index (κ1) is 13.4. The molecule has 0 bridgehead atoms. The highest BCUT2D eigenvalue weighted by atomic mass is 32.2. The number of carboxylic acids is 1. The fourth-order valence-electron chi connectivity index (χ4n) is 1.08. The molecule has 0 fully saturated rings. The second kappa shape index (κ2) is 6.19. The molecule has 0 saturated heterocycles. The monoisotopic (exact) mass is 259 g/mol. The highest BCUT2D eigenvalue weighted by molar-refractivity contribution is 7.84. The minimum absolute atomic E-state index is 0.0651. The molecule has 2 N–H and O–H groups in total. The third-order valence-electron chi connectivity index (χ3n) is 2.01. The zero-order valence-electron chi connectivity index (χ0n) is 9.26. The first-order chi connectivity index (χ1) is 8.04. The summed E-state index contributed by atoms with van der Waals surface area (Å²) in [6.45, 7) is 2.06. The van der Waals surface area contributed by atoms with Crippen LogP contribution in [0.2, 0.25) is 0 Å². The van der Waals surface area contributed by atoms with E-state index in [0.717, 1.165) is 12.3 Å². The number of amides is 1. The maximum Gasteiger partial charge on any atom is 0.338 e. The van der Waals surface area contributed by atoms with Crippen molar-refractivity contribution in [1.29, 1.82) is 0 Å². The van der Waals surface area contributed by atoms with Crippen molar-refractivity contribution in [3.63, 3.8) is 0 Å². The molecule has 0 saturated carbocycles. The molecule has 0 aliphatic heterocycles. The Morgan fingerprint density at radius 3 is 2.76 bits per heavy atom. The first-order valence-corrected chi connectivity index (χ1v) is 6.48. The van der Waals surface area contributed by atoms with Gasteiger partial charge < -0.3 is 14.8 Å². The number of rotatable bonds is 6. The van der Waals surface area contributed by atoms with Crippen molar-refractivity contribution < 1.29 is 23.3 Å². The summed E-state index contributed by atoms with van der Waals surface area (Å²) in [5.41, 5.74) is -0.0766. The van der Waals surface area contributed by atoms with Gasteiger partial charge in [0.25, 0.3) is 5.91 Å². The van der Waals surface area contributed by atoms with Crippen molar-refractivity contribution >= 4 is 22.7 Å². The lowest BCUT2D eigenvalue weighted by molar-refractivity contribution is 0.0696. The van der Waals surface area contributed by atoms with Crippen LogP contribution in [0.5, 0.6) is 0 Å². The molecule has 94 valence electrons. The van der Waals surface area contributed by atoms with E-state index in [1.807, 2.05) is 0 Å². The van der Waals surface area contributed by atoms with Gasteiger partial charge in [-0.3, -0.25) is 9.00 Å². The van der Waals surface area contributed by atoms with Gasteiger partial charge in [-0.15, -0.1) is 0 Å². The molecular weight excluding hydrogens is 246 g/mol. The Morgan fingerprint density at radius 2 is 2.24 bits per heavy atom. The van der Waals surface area contributed by atoms with Gasteiger partial charge in [0.05, 0.1) is 5.56 Å². The molecule has 1 rings (SSSR count). The number of carboxylic acid groups (broad SMARTS) is 1. The number of carbonyl (C=O) groups excluding carboxylic acids is 1. The summed E-state index contributed by atoms with van der Waals surface area (Å²) >= 11 is 0. The maximum absolute atomic E-state index is 11.5. The maximum atomic E-state index is 11.5. The topological polar surface area (TPSA) is 96.6 Å². The molecule has 1 aromatic rings. The third kappa shape index (κ3) is 4.03. The van der Waals surface area contributed by atoms with E-state index >= 15 is 0 Å². The summed E-state index contributed by atoms with van der Waals surface area (Å²) in [4.78, 5) is 22.0. The van der Waals surface area contributed by atoms with Crippen LogP contribution in [0.25, 0.3) is 0 Å². The lowest BCUT2D eigenvalue weighted by Gasteiger charge is -2.01. The van der Waals surface area contributed by atoms with Crippen LogP contribution in [0.15, 0.2) is 16.7 Å². The molecule has 0 aliphatic rings. The smallest absolute Gasteiger partial charge is 0.338 e. The van der Waals surface area contributed by atoms with Gasteiger partial charge in [-0.25, -0.2) is 4.79 Å². The summed E-state index contributed by atoms with van der Waals surface area (Å²) in [5.74, 6) is -0.815. The Hall–Kier alpha value is -1.63. The van der Waals surface area contributed by atoms with Gasteiger partial charge in [-0.1, -0.05) is 6.92 Å². The normalized spacial score (nSPS) is 12.1. The summed E-state index contributed by atoms with van der Waals surface area (Å²) in [7, 11) is -0.941. The predicted molar refractivity (Wildman–Crippen MR) is 61.6 cm³/mol. The van der Waals surface area contributed by atoms with Crippen molar-refractivity contribution in [2.45, 2.75) is 6.92 Å². The Bertz CT molecular complexity index is 440. The number of carbonyl (C=O) groups is 2. The Labute approximate surface area is 100 Å². The molecule has 1 heterocycles. The van der Waals surface area contributed by atoms with Crippen LogP contribution in [-0.2, 0) is 10.8 Å². The van der Waals surface area contributed by atoms with Gasteiger partial charge in [-0.2, -0.15) is 0 Å². The van der Waals surface area contributed by atoms with E-state index in [4.69, 9.17) is 9.52 Å². The van der Waals surface area contributed by atoms with Crippen LogP contribution in [0.1, 0.15) is 27.8 Å². The number of furan rings is 1. The molecule has 7 heteroatoms. The zero-order chi connectivity index (χ0) is 12.8. The van der Waals surface area contributed by atoms with Crippen LogP contribution in [-0.4, -0.2) is 39.2 Å². The Balaban J connectivity index is 2.47. The second-order valence-electron chi connectivity index (χ2n) is 3.19. The van der Waals surface area contributed by atoms with E-state index in [1.54, 1.807) is 6.92 Å². The van der Waals surface area contributed by atoms with E-state index in [0.29, 0.717) is 11.5 Å². The van der Waals surface area contributed by atoms with Gasteiger partial charge in [0.15, 0.2) is 5.76 Å². The van der Waals surface area contributed by atoms with Gasteiger partial charge in [0, 0.05) is 34.9 Å². The summed E-state index contributed by atoms with van der Waals surface area (Å²) in [5, 5.41) is 11.1. The molecule has 1 amide bonds. The quantitative estimate of drug-likeness (QED) is 0.774. The second-order valence-corrected chi connectivity index (χ2v) is 5.06. The number of hydrogen-bond acceptors (Lipinski definition) is 4. The number of hydrogen-bond donors (Lipinski definition) is 2. The van der Waals surface area contributed by atoms with Gasteiger partial charge in [0.2, 0.25) is 0 Å². The molecule has 1 atom stereocenters. The van der Waals surface area contributed by atoms with Gasteiger partial charge in [0.1, 0.15) is 6.26 Å². The molecule has 1 unspecified atom stereocenters. The zero-order valence-corrected chi connectivity index (χ0v) is 10.1. The van der Waals surface area contributed by atoms with E-state index in [1.165, 1.54) is 0 Å². The fraction of sp³-hybridized carbons (Fsp3) is 0.400. The van der Waals surface area contributed by atoms with Crippen LogP contribution >= 0.6 is 0 Å². The minimum atomic E-state index is -1.15. The van der Waals surface area contributed by atoms with E-state index in [9.17, 15) is 13.8 Å². The van der Waals surface area contributed by atoms with Crippen molar-refractivity contribution in [2.24, 2.45) is 0 Å². The third-order valence-corrected chi connectivity index (χ3v) is 3.31. The Morgan fingerprint density at radius 1 is 1.53 bits per heavy atom. The van der Waals surface area contributed by atoms with Crippen molar-refractivity contribution in [2.75, 3.05) is 18.1 Å². The van der Waals surface area contributed by atoms with Gasteiger partial charge >= 0.3 is 5.97 Å². The standard InChI is InChI=1S/C10H13NO5S/c1-2-17(15)4-3-11-9(12)8-5-7(6-16-8)10(13)14/h5-6H,2-4H2,1H3,(H,11,12)(H,13,14).